The van der Waals surface area contributed by atoms with Gasteiger partial charge in [-0.1, -0.05) is 12.8 Å². The van der Waals surface area contributed by atoms with Gasteiger partial charge in [0.05, 0.1) is 0 Å². The first-order valence-corrected chi connectivity index (χ1v) is 8.47. The SMILES string of the molecule is C(CCC1CCOCC1)CNCC1CCSC1. The van der Waals surface area contributed by atoms with Gasteiger partial charge in [0, 0.05) is 13.2 Å². The van der Waals surface area contributed by atoms with Crippen molar-refractivity contribution < 1.29 is 4.74 Å². The van der Waals surface area contributed by atoms with E-state index in [2.05, 4.69) is 17.1 Å². The molecule has 0 aromatic carbocycles. The maximum Gasteiger partial charge on any atom is 0.0468 e. The summed E-state index contributed by atoms with van der Waals surface area (Å²) < 4.78 is 5.39. The lowest BCUT2D eigenvalue weighted by atomic mass is 9.94. The Kier molecular flexibility index (Phi) is 6.76. The van der Waals surface area contributed by atoms with E-state index in [1.807, 2.05) is 0 Å². The molecule has 100 valence electrons. The van der Waals surface area contributed by atoms with Crippen molar-refractivity contribution in [2.45, 2.75) is 38.5 Å². The van der Waals surface area contributed by atoms with Crippen molar-refractivity contribution in [3.8, 4) is 0 Å². The van der Waals surface area contributed by atoms with Crippen LogP contribution < -0.4 is 5.32 Å². The van der Waals surface area contributed by atoms with Gasteiger partial charge in [0.25, 0.3) is 0 Å². The minimum Gasteiger partial charge on any atom is -0.381 e. The standard InChI is InChI=1S/C14H27NOS/c1(3-13-4-8-16-9-5-13)2-7-15-11-14-6-10-17-12-14/h13-15H,1-12H2. The highest BCUT2D eigenvalue weighted by Gasteiger charge is 2.15. The Balaban J connectivity index is 1.38. The predicted molar refractivity (Wildman–Crippen MR) is 75.7 cm³/mol. The summed E-state index contributed by atoms with van der Waals surface area (Å²) >= 11 is 2.12. The average Bonchev–Trinajstić information content (AvgIpc) is 2.88. The van der Waals surface area contributed by atoms with E-state index in [1.54, 1.807) is 0 Å². The van der Waals surface area contributed by atoms with Crippen LogP contribution in [0.4, 0.5) is 0 Å². The Labute approximate surface area is 110 Å². The fraction of sp³-hybridized carbons (Fsp3) is 1.00. The first kappa shape index (κ1) is 13.7. The Bertz CT molecular complexity index is 189. The van der Waals surface area contributed by atoms with Gasteiger partial charge in [-0.2, -0.15) is 11.8 Å². The van der Waals surface area contributed by atoms with Crippen LogP contribution in [0.15, 0.2) is 0 Å². The van der Waals surface area contributed by atoms with E-state index in [-0.39, 0.29) is 0 Å². The van der Waals surface area contributed by atoms with Gasteiger partial charge in [0.1, 0.15) is 0 Å². The number of thioether (sulfide) groups is 1. The Hall–Kier alpha value is 0.270. The number of rotatable bonds is 7. The van der Waals surface area contributed by atoms with Crippen molar-refractivity contribution >= 4 is 11.8 Å². The first-order valence-electron chi connectivity index (χ1n) is 7.31. The van der Waals surface area contributed by atoms with Crippen molar-refractivity contribution in [1.82, 2.24) is 5.32 Å². The lowest BCUT2D eigenvalue weighted by molar-refractivity contribution is 0.0631. The normalized spacial score (nSPS) is 26.5. The number of nitrogens with one attached hydrogen (secondary N) is 1. The average molecular weight is 257 g/mol. The van der Waals surface area contributed by atoms with Crippen LogP contribution >= 0.6 is 11.8 Å². The fourth-order valence-corrected chi connectivity index (χ4v) is 4.05. The van der Waals surface area contributed by atoms with E-state index in [0.717, 1.165) is 25.0 Å². The number of unbranched alkanes of at least 4 members (excludes halogenated alkanes) is 1. The summed E-state index contributed by atoms with van der Waals surface area (Å²) in [6.45, 7) is 4.49. The van der Waals surface area contributed by atoms with E-state index in [9.17, 15) is 0 Å². The summed E-state index contributed by atoms with van der Waals surface area (Å²) in [6.07, 6.45) is 8.21. The molecule has 0 saturated carbocycles. The molecular formula is C14H27NOS. The molecular weight excluding hydrogens is 230 g/mol. The molecule has 2 aliphatic heterocycles. The molecule has 0 bridgehead atoms. The van der Waals surface area contributed by atoms with Gasteiger partial charge >= 0.3 is 0 Å². The highest BCUT2D eigenvalue weighted by Crippen LogP contribution is 2.22. The lowest BCUT2D eigenvalue weighted by Gasteiger charge is -2.21. The van der Waals surface area contributed by atoms with Crippen LogP contribution in [0.2, 0.25) is 0 Å². The second-order valence-corrected chi connectivity index (χ2v) is 6.64. The van der Waals surface area contributed by atoms with Crippen molar-refractivity contribution in [1.29, 1.82) is 0 Å². The second kappa shape index (κ2) is 8.39. The van der Waals surface area contributed by atoms with Crippen LogP contribution in [0.25, 0.3) is 0 Å². The molecule has 17 heavy (non-hydrogen) atoms. The third-order valence-corrected chi connectivity index (χ3v) is 5.25. The molecule has 0 radical (unpaired) electrons. The van der Waals surface area contributed by atoms with Gasteiger partial charge in [0.15, 0.2) is 0 Å². The molecule has 0 aromatic heterocycles. The molecule has 2 heterocycles. The summed E-state index contributed by atoms with van der Waals surface area (Å²) in [5.41, 5.74) is 0. The van der Waals surface area contributed by atoms with E-state index in [1.165, 1.54) is 63.1 Å². The molecule has 0 spiro atoms. The molecule has 1 N–H and O–H groups in total. The highest BCUT2D eigenvalue weighted by molar-refractivity contribution is 7.99. The van der Waals surface area contributed by atoms with Crippen LogP contribution in [0, 0.1) is 11.8 Å². The smallest absolute Gasteiger partial charge is 0.0468 e. The van der Waals surface area contributed by atoms with Gasteiger partial charge in [-0.25, -0.2) is 0 Å². The van der Waals surface area contributed by atoms with Gasteiger partial charge < -0.3 is 10.1 Å². The molecule has 2 saturated heterocycles. The number of hydrogen-bond donors (Lipinski definition) is 1. The molecule has 2 rings (SSSR count). The molecule has 0 aromatic rings. The Morgan fingerprint density at radius 2 is 1.94 bits per heavy atom. The zero-order valence-electron chi connectivity index (χ0n) is 11.0. The molecule has 3 heteroatoms. The summed E-state index contributed by atoms with van der Waals surface area (Å²) in [4.78, 5) is 0. The van der Waals surface area contributed by atoms with Crippen molar-refractivity contribution in [3.63, 3.8) is 0 Å². The van der Waals surface area contributed by atoms with Gasteiger partial charge in [-0.05, 0) is 62.1 Å². The van der Waals surface area contributed by atoms with E-state index < -0.39 is 0 Å². The molecule has 2 aliphatic rings. The first-order chi connectivity index (χ1) is 8.45. The van der Waals surface area contributed by atoms with Crippen molar-refractivity contribution in [3.05, 3.63) is 0 Å². The fourth-order valence-electron chi connectivity index (χ4n) is 2.77. The quantitative estimate of drug-likeness (QED) is 0.709. The number of ether oxygens (including phenoxy) is 1. The van der Waals surface area contributed by atoms with Crippen LogP contribution in [0.3, 0.4) is 0 Å². The molecule has 0 aliphatic carbocycles. The van der Waals surface area contributed by atoms with E-state index in [4.69, 9.17) is 4.74 Å². The van der Waals surface area contributed by atoms with Gasteiger partial charge in [0.2, 0.25) is 0 Å². The van der Waals surface area contributed by atoms with Gasteiger partial charge in [-0.15, -0.1) is 0 Å². The summed E-state index contributed by atoms with van der Waals surface area (Å²) in [5.74, 6) is 4.68. The zero-order chi connectivity index (χ0) is 11.8. The largest absolute Gasteiger partial charge is 0.381 e. The minimum atomic E-state index is 0.954. The van der Waals surface area contributed by atoms with Crippen LogP contribution in [0.5, 0.6) is 0 Å². The summed E-state index contributed by atoms with van der Waals surface area (Å²) in [5, 5.41) is 3.63. The topological polar surface area (TPSA) is 21.3 Å². The Morgan fingerprint density at radius 1 is 1.06 bits per heavy atom. The zero-order valence-corrected chi connectivity index (χ0v) is 11.8. The monoisotopic (exact) mass is 257 g/mol. The van der Waals surface area contributed by atoms with Crippen molar-refractivity contribution in [2.75, 3.05) is 37.8 Å². The molecule has 1 unspecified atom stereocenters. The maximum absolute atomic E-state index is 5.39. The third-order valence-electron chi connectivity index (χ3n) is 4.01. The molecule has 2 fully saturated rings. The van der Waals surface area contributed by atoms with Crippen molar-refractivity contribution in [2.24, 2.45) is 11.8 Å². The Morgan fingerprint density at radius 3 is 2.71 bits per heavy atom. The van der Waals surface area contributed by atoms with Gasteiger partial charge in [-0.3, -0.25) is 0 Å². The molecule has 1 atom stereocenters. The maximum atomic E-state index is 5.39. The second-order valence-electron chi connectivity index (χ2n) is 5.49. The predicted octanol–water partition coefficient (Wildman–Crippen LogP) is 2.93. The molecule has 2 nitrogen and oxygen atoms in total. The third kappa shape index (κ3) is 5.62. The number of hydrogen-bond acceptors (Lipinski definition) is 3. The van der Waals surface area contributed by atoms with Crippen LogP contribution in [-0.4, -0.2) is 37.8 Å². The summed E-state index contributed by atoms with van der Waals surface area (Å²) in [6, 6.07) is 0. The highest BCUT2D eigenvalue weighted by atomic mass is 32.2. The van der Waals surface area contributed by atoms with E-state index in [0.29, 0.717) is 0 Å². The summed E-state index contributed by atoms with van der Waals surface area (Å²) in [7, 11) is 0. The van der Waals surface area contributed by atoms with Crippen LogP contribution in [-0.2, 0) is 4.74 Å². The van der Waals surface area contributed by atoms with E-state index >= 15 is 0 Å². The van der Waals surface area contributed by atoms with Crippen LogP contribution in [0.1, 0.15) is 38.5 Å². The molecule has 0 amide bonds. The lowest BCUT2D eigenvalue weighted by Crippen LogP contribution is -2.24. The minimum absolute atomic E-state index is 0.954.